The number of hydrogen-bond acceptors (Lipinski definition) is 2. The van der Waals surface area contributed by atoms with E-state index in [4.69, 9.17) is 0 Å². The van der Waals surface area contributed by atoms with Gasteiger partial charge >= 0.3 is 0 Å². The molecule has 0 atom stereocenters. The molecule has 0 aliphatic heterocycles. The molecule has 3 heteroatoms. The first-order valence-electron chi connectivity index (χ1n) is 3.53. The van der Waals surface area contributed by atoms with Gasteiger partial charge in [-0.2, -0.15) is 5.10 Å². The second-order valence-corrected chi connectivity index (χ2v) is 2.68. The van der Waals surface area contributed by atoms with Crippen LogP contribution in [-0.2, 0) is 7.05 Å². The van der Waals surface area contributed by atoms with Gasteiger partial charge in [0.2, 0.25) is 0 Å². The average molecular weight is 147 g/mol. The molecule has 11 heavy (non-hydrogen) atoms. The Kier molecular flexibility index (Phi) is 1.18. The molecule has 0 saturated heterocycles. The number of aryl methyl sites for hydroxylation is 2. The average Bonchev–Trinajstić information content (AvgIpc) is 2.33. The second kappa shape index (κ2) is 2.05. The smallest absolute Gasteiger partial charge is 0.111 e. The highest BCUT2D eigenvalue weighted by atomic mass is 15.1. The van der Waals surface area contributed by atoms with Crippen LogP contribution in [0, 0.1) is 6.92 Å². The van der Waals surface area contributed by atoms with E-state index in [1.54, 1.807) is 0 Å². The molecule has 2 aromatic rings. The van der Waals surface area contributed by atoms with E-state index in [1.165, 1.54) is 0 Å². The van der Waals surface area contributed by atoms with Crippen molar-refractivity contribution in [3.05, 3.63) is 24.0 Å². The summed E-state index contributed by atoms with van der Waals surface area (Å²) in [6.45, 7) is 1.94. The number of rotatable bonds is 0. The van der Waals surface area contributed by atoms with Crippen LogP contribution in [0.1, 0.15) is 5.69 Å². The standard InChI is InChI=1S/C8H9N3/c1-6-5-8-7(10-9-6)3-4-11(8)2/h3-5H,1-2H3. The van der Waals surface area contributed by atoms with Crippen molar-refractivity contribution in [2.45, 2.75) is 6.92 Å². The summed E-state index contributed by atoms with van der Waals surface area (Å²) in [5, 5.41) is 7.99. The van der Waals surface area contributed by atoms with Gasteiger partial charge < -0.3 is 4.57 Å². The van der Waals surface area contributed by atoms with Gasteiger partial charge in [0.1, 0.15) is 5.52 Å². The van der Waals surface area contributed by atoms with Gasteiger partial charge in [-0.15, -0.1) is 5.10 Å². The molecule has 0 aliphatic carbocycles. The lowest BCUT2D eigenvalue weighted by molar-refractivity contribution is 0.954. The van der Waals surface area contributed by atoms with Gasteiger partial charge in [0.05, 0.1) is 11.2 Å². The van der Waals surface area contributed by atoms with Crippen molar-refractivity contribution >= 4 is 11.0 Å². The van der Waals surface area contributed by atoms with Gasteiger partial charge in [-0.3, -0.25) is 0 Å². The van der Waals surface area contributed by atoms with E-state index in [0.717, 1.165) is 16.7 Å². The third-order valence-corrected chi connectivity index (χ3v) is 1.76. The van der Waals surface area contributed by atoms with E-state index in [0.29, 0.717) is 0 Å². The highest BCUT2D eigenvalue weighted by molar-refractivity contribution is 5.75. The summed E-state index contributed by atoms with van der Waals surface area (Å²) < 4.78 is 2.04. The fourth-order valence-electron chi connectivity index (χ4n) is 1.15. The normalized spacial score (nSPS) is 10.7. The number of hydrogen-bond donors (Lipinski definition) is 0. The minimum atomic E-state index is 0.957. The Balaban J connectivity index is 2.87. The molecular formula is C8H9N3. The highest BCUT2D eigenvalue weighted by Gasteiger charge is 1.98. The van der Waals surface area contributed by atoms with Crippen molar-refractivity contribution in [2.75, 3.05) is 0 Å². The zero-order valence-electron chi connectivity index (χ0n) is 6.57. The molecule has 2 aromatic heterocycles. The SMILES string of the molecule is Cc1cc2c(ccn2C)nn1. The molecule has 0 saturated carbocycles. The van der Waals surface area contributed by atoms with E-state index in [-0.39, 0.29) is 0 Å². The Labute approximate surface area is 64.7 Å². The quantitative estimate of drug-likeness (QED) is 0.562. The van der Waals surface area contributed by atoms with Crippen molar-refractivity contribution in [3.63, 3.8) is 0 Å². The van der Waals surface area contributed by atoms with Crippen molar-refractivity contribution in [3.8, 4) is 0 Å². The monoisotopic (exact) mass is 147 g/mol. The second-order valence-electron chi connectivity index (χ2n) is 2.68. The Morgan fingerprint density at radius 2 is 2.18 bits per heavy atom. The molecule has 2 heterocycles. The molecule has 0 N–H and O–H groups in total. The third-order valence-electron chi connectivity index (χ3n) is 1.76. The Hall–Kier alpha value is -1.38. The van der Waals surface area contributed by atoms with Crippen LogP contribution in [0.3, 0.4) is 0 Å². The summed E-state index contributed by atoms with van der Waals surface area (Å²) >= 11 is 0. The van der Waals surface area contributed by atoms with Crippen LogP contribution in [0.5, 0.6) is 0 Å². The molecule has 0 spiro atoms. The van der Waals surface area contributed by atoms with E-state index < -0.39 is 0 Å². The Morgan fingerprint density at radius 1 is 1.36 bits per heavy atom. The lowest BCUT2D eigenvalue weighted by atomic mass is 10.4. The largest absolute Gasteiger partial charge is 0.349 e. The first kappa shape index (κ1) is 6.34. The first-order valence-corrected chi connectivity index (χ1v) is 3.53. The highest BCUT2D eigenvalue weighted by Crippen LogP contribution is 2.10. The molecule has 0 fully saturated rings. The summed E-state index contributed by atoms with van der Waals surface area (Å²) in [6.07, 6.45) is 1.98. The minimum Gasteiger partial charge on any atom is -0.349 e. The topological polar surface area (TPSA) is 30.7 Å². The predicted molar refractivity (Wildman–Crippen MR) is 43.2 cm³/mol. The maximum absolute atomic E-state index is 4.03. The molecular weight excluding hydrogens is 138 g/mol. The van der Waals surface area contributed by atoms with E-state index in [9.17, 15) is 0 Å². The lowest BCUT2D eigenvalue weighted by Crippen LogP contribution is -1.89. The maximum atomic E-state index is 4.03. The van der Waals surface area contributed by atoms with Gasteiger partial charge in [0.25, 0.3) is 0 Å². The fourth-order valence-corrected chi connectivity index (χ4v) is 1.15. The van der Waals surface area contributed by atoms with Gasteiger partial charge in [-0.05, 0) is 19.1 Å². The lowest BCUT2D eigenvalue weighted by Gasteiger charge is -1.94. The van der Waals surface area contributed by atoms with Crippen LogP contribution in [0.25, 0.3) is 11.0 Å². The molecule has 2 rings (SSSR count). The molecule has 3 nitrogen and oxygen atoms in total. The fraction of sp³-hybridized carbons (Fsp3) is 0.250. The van der Waals surface area contributed by atoms with Crippen molar-refractivity contribution in [1.82, 2.24) is 14.8 Å². The summed E-state index contributed by atoms with van der Waals surface area (Å²) in [5.74, 6) is 0. The number of nitrogens with zero attached hydrogens (tertiary/aromatic N) is 3. The molecule has 0 radical (unpaired) electrons. The van der Waals surface area contributed by atoms with Crippen molar-refractivity contribution < 1.29 is 0 Å². The molecule has 0 amide bonds. The summed E-state index contributed by atoms with van der Waals surface area (Å²) in [4.78, 5) is 0. The molecule has 0 bridgehead atoms. The maximum Gasteiger partial charge on any atom is 0.111 e. The van der Waals surface area contributed by atoms with Crippen LogP contribution < -0.4 is 0 Å². The molecule has 0 unspecified atom stereocenters. The van der Waals surface area contributed by atoms with Crippen LogP contribution in [0.2, 0.25) is 0 Å². The van der Waals surface area contributed by atoms with Crippen LogP contribution in [0.15, 0.2) is 18.3 Å². The molecule has 0 aromatic carbocycles. The zero-order chi connectivity index (χ0) is 7.84. The first-order chi connectivity index (χ1) is 5.27. The molecule has 0 aliphatic rings. The van der Waals surface area contributed by atoms with Crippen LogP contribution in [-0.4, -0.2) is 14.8 Å². The van der Waals surface area contributed by atoms with Gasteiger partial charge in [0.15, 0.2) is 0 Å². The third kappa shape index (κ3) is 0.888. The van der Waals surface area contributed by atoms with E-state index in [1.807, 2.05) is 36.9 Å². The van der Waals surface area contributed by atoms with Crippen molar-refractivity contribution in [1.29, 1.82) is 0 Å². The zero-order valence-corrected chi connectivity index (χ0v) is 6.57. The van der Waals surface area contributed by atoms with E-state index in [2.05, 4.69) is 10.2 Å². The van der Waals surface area contributed by atoms with Crippen LogP contribution in [0.4, 0.5) is 0 Å². The van der Waals surface area contributed by atoms with Crippen LogP contribution >= 0.6 is 0 Å². The van der Waals surface area contributed by atoms with Crippen molar-refractivity contribution in [2.24, 2.45) is 7.05 Å². The predicted octanol–water partition coefficient (Wildman–Crippen LogP) is 1.28. The Morgan fingerprint density at radius 3 is 3.00 bits per heavy atom. The molecule has 56 valence electrons. The number of fused-ring (bicyclic) bond motifs is 1. The van der Waals surface area contributed by atoms with Gasteiger partial charge in [0, 0.05) is 13.2 Å². The summed E-state index contributed by atoms with van der Waals surface area (Å²) in [5.41, 5.74) is 3.05. The summed E-state index contributed by atoms with van der Waals surface area (Å²) in [7, 11) is 2.00. The van der Waals surface area contributed by atoms with Gasteiger partial charge in [-0.25, -0.2) is 0 Å². The van der Waals surface area contributed by atoms with Gasteiger partial charge in [-0.1, -0.05) is 0 Å². The van der Waals surface area contributed by atoms with E-state index >= 15 is 0 Å². The number of aromatic nitrogens is 3. The summed E-state index contributed by atoms with van der Waals surface area (Å²) in [6, 6.07) is 3.99. The minimum absolute atomic E-state index is 0.957. The Bertz CT molecular complexity index is 389.